The molecule has 0 saturated carbocycles. The molecule has 0 spiro atoms. The van der Waals surface area contributed by atoms with Crippen LogP contribution in [0, 0.1) is 0 Å². The number of nitrogens with zero attached hydrogens (tertiary/aromatic N) is 2. The third kappa shape index (κ3) is 1.80. The lowest BCUT2D eigenvalue weighted by molar-refractivity contribution is 0.475. The first-order chi connectivity index (χ1) is 7.09. The van der Waals surface area contributed by atoms with Gasteiger partial charge in [-0.3, -0.25) is 0 Å². The van der Waals surface area contributed by atoms with Gasteiger partial charge in [-0.15, -0.1) is 0 Å². The highest BCUT2D eigenvalue weighted by Gasteiger charge is 2.11. The van der Waals surface area contributed by atoms with E-state index < -0.39 is 0 Å². The summed E-state index contributed by atoms with van der Waals surface area (Å²) in [5.41, 5.74) is 0.701. The van der Waals surface area contributed by atoms with Gasteiger partial charge in [-0.25, -0.2) is 4.98 Å². The maximum atomic E-state index is 9.35. The Morgan fingerprint density at radius 1 is 1.27 bits per heavy atom. The van der Waals surface area contributed by atoms with E-state index >= 15 is 0 Å². The molecule has 0 radical (unpaired) electrons. The summed E-state index contributed by atoms with van der Waals surface area (Å²) in [5.74, 6) is 0.682. The molecule has 0 amide bonds. The van der Waals surface area contributed by atoms with Crippen LogP contribution < -0.4 is 0 Å². The Balaban J connectivity index is 2.64. The number of rotatable bonds is 1. The van der Waals surface area contributed by atoms with E-state index in [-0.39, 0.29) is 10.8 Å². The van der Waals surface area contributed by atoms with Crippen LogP contribution in [0.5, 0.6) is 5.75 Å². The van der Waals surface area contributed by atoms with Crippen LogP contribution in [0.15, 0.2) is 24.5 Å². The molecule has 0 unspecified atom stereocenters. The van der Waals surface area contributed by atoms with E-state index in [0.717, 1.165) is 0 Å². The molecule has 2 rings (SSSR count). The molecule has 2 aromatic rings. The molecule has 0 aliphatic rings. The molecule has 3 nitrogen and oxygen atoms in total. The van der Waals surface area contributed by atoms with Crippen molar-refractivity contribution in [1.82, 2.24) is 9.55 Å². The van der Waals surface area contributed by atoms with E-state index in [1.54, 1.807) is 12.3 Å². The summed E-state index contributed by atoms with van der Waals surface area (Å²) in [6, 6.07) is 3.01. The highest BCUT2D eigenvalue weighted by molar-refractivity contribution is 6.36. The summed E-state index contributed by atoms with van der Waals surface area (Å²) in [5, 5.41) is 10.0. The summed E-state index contributed by atoms with van der Waals surface area (Å²) in [7, 11) is 1.86. The lowest BCUT2D eigenvalue weighted by Gasteiger charge is -2.06. The Morgan fingerprint density at radius 2 is 2.00 bits per heavy atom. The highest BCUT2D eigenvalue weighted by Crippen LogP contribution is 2.35. The zero-order valence-corrected chi connectivity index (χ0v) is 9.42. The number of hydrogen-bond acceptors (Lipinski definition) is 2. The number of halogens is 2. The quantitative estimate of drug-likeness (QED) is 0.835. The molecule has 0 atom stereocenters. The number of aryl methyl sites for hydroxylation is 1. The molecule has 0 fully saturated rings. The third-order valence-corrected chi connectivity index (χ3v) is 2.71. The van der Waals surface area contributed by atoms with Gasteiger partial charge in [0.05, 0.1) is 10.0 Å². The van der Waals surface area contributed by atoms with Crippen LogP contribution in [0.2, 0.25) is 10.0 Å². The van der Waals surface area contributed by atoms with E-state index in [1.807, 2.05) is 17.8 Å². The SMILES string of the molecule is Cn1ccnc1-c1cc(Cl)c(O)cc1Cl. The molecule has 15 heavy (non-hydrogen) atoms. The Labute approximate surface area is 96.9 Å². The monoisotopic (exact) mass is 242 g/mol. The summed E-state index contributed by atoms with van der Waals surface area (Å²) >= 11 is 11.8. The predicted molar refractivity (Wildman–Crippen MR) is 60.3 cm³/mol. The van der Waals surface area contributed by atoms with Crippen molar-refractivity contribution in [2.45, 2.75) is 0 Å². The fourth-order valence-corrected chi connectivity index (χ4v) is 1.74. The van der Waals surface area contributed by atoms with Gasteiger partial charge >= 0.3 is 0 Å². The van der Waals surface area contributed by atoms with Gasteiger partial charge in [-0.1, -0.05) is 23.2 Å². The van der Waals surface area contributed by atoms with E-state index in [9.17, 15) is 5.11 Å². The van der Waals surface area contributed by atoms with Gasteiger partial charge < -0.3 is 9.67 Å². The second kappa shape index (κ2) is 3.76. The minimum Gasteiger partial charge on any atom is -0.506 e. The minimum absolute atomic E-state index is 0.0281. The van der Waals surface area contributed by atoms with E-state index in [1.165, 1.54) is 6.07 Å². The number of aromatic hydroxyl groups is 1. The highest BCUT2D eigenvalue weighted by atomic mass is 35.5. The van der Waals surface area contributed by atoms with Crippen LogP contribution >= 0.6 is 23.2 Å². The van der Waals surface area contributed by atoms with E-state index in [4.69, 9.17) is 23.2 Å². The number of phenolic OH excluding ortho intramolecular Hbond substituents is 1. The lowest BCUT2D eigenvalue weighted by Crippen LogP contribution is -1.92. The van der Waals surface area contributed by atoms with Gasteiger partial charge in [0, 0.05) is 31.1 Å². The number of phenols is 1. The van der Waals surface area contributed by atoms with Gasteiger partial charge in [-0.2, -0.15) is 0 Å². The molecule has 0 aliphatic heterocycles. The zero-order chi connectivity index (χ0) is 11.0. The normalized spacial score (nSPS) is 10.6. The molecule has 0 bridgehead atoms. The van der Waals surface area contributed by atoms with Gasteiger partial charge in [0.25, 0.3) is 0 Å². The molecule has 1 heterocycles. The third-order valence-electron chi connectivity index (χ3n) is 2.10. The van der Waals surface area contributed by atoms with Crippen molar-refractivity contribution in [2.75, 3.05) is 0 Å². The van der Waals surface area contributed by atoms with Crippen LogP contribution in [-0.2, 0) is 7.05 Å². The van der Waals surface area contributed by atoms with Crippen molar-refractivity contribution in [3.05, 3.63) is 34.6 Å². The molecule has 1 aromatic carbocycles. The number of benzene rings is 1. The number of aromatic nitrogens is 2. The van der Waals surface area contributed by atoms with Crippen molar-refractivity contribution in [2.24, 2.45) is 7.05 Å². The Morgan fingerprint density at radius 3 is 2.60 bits per heavy atom. The molecule has 0 saturated heterocycles. The fourth-order valence-electron chi connectivity index (χ4n) is 1.33. The smallest absolute Gasteiger partial charge is 0.141 e. The second-order valence-corrected chi connectivity index (χ2v) is 3.96. The maximum Gasteiger partial charge on any atom is 0.141 e. The Hall–Kier alpha value is -1.19. The maximum absolute atomic E-state index is 9.35. The summed E-state index contributed by atoms with van der Waals surface area (Å²) in [4.78, 5) is 4.16. The average molecular weight is 243 g/mol. The van der Waals surface area contributed by atoms with Crippen molar-refractivity contribution in [3.63, 3.8) is 0 Å². The van der Waals surface area contributed by atoms with Crippen molar-refractivity contribution in [3.8, 4) is 17.1 Å². The van der Waals surface area contributed by atoms with Crippen LogP contribution in [0.25, 0.3) is 11.4 Å². The van der Waals surface area contributed by atoms with Gasteiger partial charge in [-0.05, 0) is 6.07 Å². The van der Waals surface area contributed by atoms with Gasteiger partial charge in [0.2, 0.25) is 0 Å². The molecular formula is C10H8Cl2N2O. The summed E-state index contributed by atoms with van der Waals surface area (Å²) in [6.45, 7) is 0. The first-order valence-electron chi connectivity index (χ1n) is 4.25. The largest absolute Gasteiger partial charge is 0.506 e. The molecule has 1 aromatic heterocycles. The minimum atomic E-state index is -0.0281. The predicted octanol–water partition coefficient (Wildman–Crippen LogP) is 3.10. The molecule has 5 heteroatoms. The molecule has 1 N–H and O–H groups in total. The Kier molecular flexibility index (Phi) is 2.59. The number of hydrogen-bond donors (Lipinski definition) is 1. The second-order valence-electron chi connectivity index (χ2n) is 3.15. The van der Waals surface area contributed by atoms with Crippen molar-refractivity contribution < 1.29 is 5.11 Å². The van der Waals surface area contributed by atoms with Crippen molar-refractivity contribution in [1.29, 1.82) is 0 Å². The first kappa shape index (κ1) is 10.3. The van der Waals surface area contributed by atoms with E-state index in [0.29, 0.717) is 16.4 Å². The van der Waals surface area contributed by atoms with Gasteiger partial charge in [0.15, 0.2) is 0 Å². The van der Waals surface area contributed by atoms with Crippen LogP contribution in [0.4, 0.5) is 0 Å². The topological polar surface area (TPSA) is 38.0 Å². The molecular weight excluding hydrogens is 235 g/mol. The summed E-state index contributed by atoms with van der Waals surface area (Å²) in [6.07, 6.45) is 3.48. The average Bonchev–Trinajstić information content (AvgIpc) is 2.58. The lowest BCUT2D eigenvalue weighted by atomic mass is 10.2. The van der Waals surface area contributed by atoms with E-state index in [2.05, 4.69) is 4.98 Å². The summed E-state index contributed by atoms with van der Waals surface area (Å²) < 4.78 is 1.83. The first-order valence-corrected chi connectivity index (χ1v) is 5.01. The Bertz CT molecular complexity index is 508. The zero-order valence-electron chi connectivity index (χ0n) is 7.91. The fraction of sp³-hybridized carbons (Fsp3) is 0.100. The van der Waals surface area contributed by atoms with Crippen LogP contribution in [0.3, 0.4) is 0 Å². The molecule has 78 valence electrons. The van der Waals surface area contributed by atoms with Crippen LogP contribution in [0.1, 0.15) is 0 Å². The van der Waals surface area contributed by atoms with Crippen LogP contribution in [-0.4, -0.2) is 14.7 Å². The van der Waals surface area contributed by atoms with Gasteiger partial charge in [0.1, 0.15) is 11.6 Å². The van der Waals surface area contributed by atoms with Crippen molar-refractivity contribution >= 4 is 23.2 Å². The molecule has 0 aliphatic carbocycles. The standard InChI is InChI=1S/C10H8Cl2N2O/c1-14-3-2-13-10(14)6-4-8(12)9(15)5-7(6)11/h2-5,15H,1H3. The number of imidazole rings is 1.